The molecular formula is C18H17BrN6O2. The van der Waals surface area contributed by atoms with Crippen LogP contribution in [0.4, 0.5) is 23.0 Å². The normalized spacial score (nSPS) is 10.1. The Labute approximate surface area is 164 Å². The maximum absolute atomic E-state index is 12.4. The Morgan fingerprint density at radius 1 is 1.07 bits per heavy atom. The van der Waals surface area contributed by atoms with Gasteiger partial charge in [-0.3, -0.25) is 15.6 Å². The van der Waals surface area contributed by atoms with E-state index >= 15 is 0 Å². The smallest absolute Gasteiger partial charge is 0.273 e. The predicted octanol–water partition coefficient (Wildman–Crippen LogP) is 3.33. The highest BCUT2D eigenvalue weighted by Gasteiger charge is 2.13. The fourth-order valence-corrected chi connectivity index (χ4v) is 2.68. The minimum atomic E-state index is -0.384. The van der Waals surface area contributed by atoms with Gasteiger partial charge in [0.05, 0.1) is 18.4 Å². The molecule has 138 valence electrons. The van der Waals surface area contributed by atoms with Gasteiger partial charge < -0.3 is 15.8 Å². The molecule has 3 aromatic rings. The number of carbonyl (C=O) groups excluding carboxylic acids is 1. The van der Waals surface area contributed by atoms with Crippen molar-refractivity contribution in [1.82, 2.24) is 15.4 Å². The van der Waals surface area contributed by atoms with E-state index in [-0.39, 0.29) is 17.4 Å². The Morgan fingerprint density at radius 2 is 1.78 bits per heavy atom. The number of amides is 1. The Balaban J connectivity index is 1.74. The molecule has 8 nitrogen and oxygen atoms in total. The summed E-state index contributed by atoms with van der Waals surface area (Å²) in [6, 6.07) is 14.4. The van der Waals surface area contributed by atoms with Gasteiger partial charge in [-0.1, -0.05) is 24.3 Å². The summed E-state index contributed by atoms with van der Waals surface area (Å²) in [4.78, 5) is 20.6. The second kappa shape index (κ2) is 8.37. The monoisotopic (exact) mass is 428 g/mol. The zero-order valence-corrected chi connectivity index (χ0v) is 15.9. The van der Waals surface area contributed by atoms with Gasteiger partial charge in [-0.05, 0) is 40.2 Å². The van der Waals surface area contributed by atoms with Crippen molar-refractivity contribution in [2.24, 2.45) is 0 Å². The molecule has 0 unspecified atom stereocenters. The third kappa shape index (κ3) is 4.26. The van der Waals surface area contributed by atoms with E-state index in [2.05, 4.69) is 42.1 Å². The number of hydrogen-bond acceptors (Lipinski definition) is 7. The maximum Gasteiger partial charge on any atom is 0.273 e. The van der Waals surface area contributed by atoms with Crippen LogP contribution in [0.5, 0.6) is 5.75 Å². The largest absolute Gasteiger partial charge is 0.496 e. The van der Waals surface area contributed by atoms with Crippen molar-refractivity contribution in [3.63, 3.8) is 0 Å². The quantitative estimate of drug-likeness (QED) is 0.445. The van der Waals surface area contributed by atoms with Crippen LogP contribution >= 0.6 is 15.9 Å². The maximum atomic E-state index is 12.4. The zero-order chi connectivity index (χ0) is 19.2. The van der Waals surface area contributed by atoms with Gasteiger partial charge in [0.1, 0.15) is 17.8 Å². The first-order valence-electron chi connectivity index (χ1n) is 7.91. The number of carbonyl (C=O) groups is 1. The summed E-state index contributed by atoms with van der Waals surface area (Å²) in [6.07, 6.45) is 1.34. The summed E-state index contributed by atoms with van der Waals surface area (Å²) >= 11 is 3.45. The second-order valence-corrected chi connectivity index (χ2v) is 6.22. The van der Waals surface area contributed by atoms with Crippen molar-refractivity contribution in [3.8, 4) is 5.75 Å². The van der Waals surface area contributed by atoms with E-state index in [1.807, 2.05) is 24.3 Å². The Hall–Kier alpha value is -3.33. The van der Waals surface area contributed by atoms with Crippen molar-refractivity contribution < 1.29 is 9.53 Å². The van der Waals surface area contributed by atoms with Gasteiger partial charge in [0.2, 0.25) is 0 Å². The average molecular weight is 429 g/mol. The third-order valence-electron chi connectivity index (χ3n) is 3.66. The number of nitrogens with zero attached hydrogens (tertiary/aromatic N) is 2. The molecule has 9 heteroatoms. The van der Waals surface area contributed by atoms with E-state index in [9.17, 15) is 4.79 Å². The van der Waals surface area contributed by atoms with Crippen molar-refractivity contribution >= 4 is 44.8 Å². The third-order valence-corrected chi connectivity index (χ3v) is 4.35. The number of nitrogens with two attached hydrogens (primary N) is 1. The second-order valence-electron chi connectivity index (χ2n) is 5.37. The van der Waals surface area contributed by atoms with Gasteiger partial charge in [-0.15, -0.1) is 0 Å². The SMILES string of the molecule is COc1ccccc1C(=O)NNc1ncnc(Nc2ccccc2Br)c1N. The summed E-state index contributed by atoms with van der Waals surface area (Å²) in [5.74, 6) is 0.753. The molecule has 0 bridgehead atoms. The van der Waals surface area contributed by atoms with E-state index < -0.39 is 0 Å². The van der Waals surface area contributed by atoms with Gasteiger partial charge in [-0.2, -0.15) is 0 Å². The van der Waals surface area contributed by atoms with Crippen molar-refractivity contribution in [3.05, 3.63) is 64.9 Å². The molecule has 1 heterocycles. The summed E-state index contributed by atoms with van der Waals surface area (Å²) in [5.41, 5.74) is 12.8. The van der Waals surface area contributed by atoms with Crippen LogP contribution in [0.2, 0.25) is 0 Å². The molecule has 0 fully saturated rings. The number of methoxy groups -OCH3 is 1. The molecule has 0 aliphatic carbocycles. The van der Waals surface area contributed by atoms with Crippen LogP contribution in [-0.4, -0.2) is 23.0 Å². The number of anilines is 4. The van der Waals surface area contributed by atoms with Gasteiger partial charge >= 0.3 is 0 Å². The topological polar surface area (TPSA) is 114 Å². The van der Waals surface area contributed by atoms with Crippen molar-refractivity contribution in [2.75, 3.05) is 23.6 Å². The molecular weight excluding hydrogens is 412 g/mol. The average Bonchev–Trinajstić information content (AvgIpc) is 2.70. The highest BCUT2D eigenvalue weighted by atomic mass is 79.9. The lowest BCUT2D eigenvalue weighted by Crippen LogP contribution is -2.30. The van der Waals surface area contributed by atoms with Gasteiger partial charge in [0.25, 0.3) is 5.91 Å². The number of nitrogens with one attached hydrogen (secondary N) is 3. The lowest BCUT2D eigenvalue weighted by molar-refractivity contribution is 0.0959. The Kier molecular flexibility index (Phi) is 5.72. The van der Waals surface area contributed by atoms with Crippen LogP contribution in [-0.2, 0) is 0 Å². The number of benzene rings is 2. The summed E-state index contributed by atoms with van der Waals surface area (Å²) in [6.45, 7) is 0. The summed E-state index contributed by atoms with van der Waals surface area (Å²) < 4.78 is 6.05. The number of para-hydroxylation sites is 2. The lowest BCUT2D eigenvalue weighted by Gasteiger charge is -2.14. The van der Waals surface area contributed by atoms with Crippen molar-refractivity contribution in [2.45, 2.75) is 0 Å². The van der Waals surface area contributed by atoms with Gasteiger partial charge in [0, 0.05) is 4.47 Å². The molecule has 0 saturated heterocycles. The summed E-state index contributed by atoms with van der Waals surface area (Å²) in [5, 5.41) is 3.12. The van der Waals surface area contributed by atoms with Crippen LogP contribution < -0.4 is 26.6 Å². The number of ether oxygens (including phenoxy) is 1. The molecule has 27 heavy (non-hydrogen) atoms. The van der Waals surface area contributed by atoms with E-state index in [4.69, 9.17) is 10.5 Å². The van der Waals surface area contributed by atoms with Gasteiger partial charge in [0.15, 0.2) is 11.6 Å². The number of hydrazine groups is 1. The van der Waals surface area contributed by atoms with Gasteiger partial charge in [-0.25, -0.2) is 9.97 Å². The molecule has 0 atom stereocenters. The van der Waals surface area contributed by atoms with Crippen LogP contribution in [0.3, 0.4) is 0 Å². The van der Waals surface area contributed by atoms with E-state index in [0.717, 1.165) is 10.2 Å². The Morgan fingerprint density at radius 3 is 2.56 bits per heavy atom. The molecule has 5 N–H and O–H groups in total. The Bertz CT molecular complexity index is 966. The molecule has 1 aromatic heterocycles. The molecule has 0 aliphatic heterocycles. The minimum Gasteiger partial charge on any atom is -0.496 e. The van der Waals surface area contributed by atoms with Crippen molar-refractivity contribution in [1.29, 1.82) is 0 Å². The number of hydrogen-bond donors (Lipinski definition) is 4. The number of aromatic nitrogens is 2. The minimum absolute atomic E-state index is 0.258. The first-order valence-corrected chi connectivity index (χ1v) is 8.71. The highest BCUT2D eigenvalue weighted by Crippen LogP contribution is 2.29. The van der Waals surface area contributed by atoms with Crippen LogP contribution in [0.25, 0.3) is 0 Å². The predicted molar refractivity (Wildman–Crippen MR) is 108 cm³/mol. The molecule has 0 aliphatic rings. The standard InChI is InChI=1S/C18H17BrN6O2/c1-27-14-9-5-2-6-11(14)18(26)25-24-17-15(20)16(21-10-22-17)23-13-8-4-3-7-12(13)19/h2-10H,20H2,1H3,(H,25,26)(H2,21,22,23,24). The molecule has 0 spiro atoms. The molecule has 0 radical (unpaired) electrons. The zero-order valence-electron chi connectivity index (χ0n) is 14.4. The highest BCUT2D eigenvalue weighted by molar-refractivity contribution is 9.10. The number of rotatable bonds is 6. The molecule has 1 amide bonds. The fraction of sp³-hybridized carbons (Fsp3) is 0.0556. The van der Waals surface area contributed by atoms with E-state index in [1.165, 1.54) is 13.4 Å². The first-order chi connectivity index (χ1) is 13.1. The van der Waals surface area contributed by atoms with Crippen LogP contribution in [0, 0.1) is 0 Å². The van der Waals surface area contributed by atoms with E-state index in [1.54, 1.807) is 24.3 Å². The summed E-state index contributed by atoms with van der Waals surface area (Å²) in [7, 11) is 1.50. The molecule has 3 rings (SSSR count). The molecule has 0 saturated carbocycles. The van der Waals surface area contributed by atoms with Crippen LogP contribution in [0.1, 0.15) is 10.4 Å². The van der Waals surface area contributed by atoms with E-state index in [0.29, 0.717) is 17.1 Å². The molecule has 2 aromatic carbocycles. The first kappa shape index (κ1) is 18.5. The van der Waals surface area contributed by atoms with Crippen LogP contribution in [0.15, 0.2) is 59.3 Å². The lowest BCUT2D eigenvalue weighted by atomic mass is 10.2. The fourth-order valence-electron chi connectivity index (χ4n) is 2.30. The number of halogens is 1. The number of nitrogen functional groups attached to an aromatic ring is 1.